The van der Waals surface area contributed by atoms with Gasteiger partial charge in [0.05, 0.1) is 9.68 Å². The minimum absolute atomic E-state index is 0.248. The fraction of sp³-hybridized carbons (Fsp3) is 1.00. The second kappa shape index (κ2) is 1.75. The van der Waals surface area contributed by atoms with Crippen LogP contribution >= 0.6 is 0 Å². The Hall–Kier alpha value is 0.177. The molecule has 0 radical (unpaired) electrons. The summed E-state index contributed by atoms with van der Waals surface area (Å²) >= 11 is 0. The summed E-state index contributed by atoms with van der Waals surface area (Å²) in [6, 6.07) is 0. The minimum atomic E-state index is -0.248. The first-order valence-electron chi connectivity index (χ1n) is 2.26. The van der Waals surface area contributed by atoms with Crippen molar-refractivity contribution in [3.05, 3.63) is 0 Å². The zero-order chi connectivity index (χ0) is 5.21. The summed E-state index contributed by atoms with van der Waals surface area (Å²) < 4.78 is 0. The second-order valence-corrected chi connectivity index (χ2v) is 5.29. The van der Waals surface area contributed by atoms with Crippen LogP contribution in [-0.4, -0.2) is 9.68 Å². The number of rotatable bonds is 0. The van der Waals surface area contributed by atoms with Crippen molar-refractivity contribution in [3.63, 3.8) is 0 Å². The molecule has 0 unspecified atom stereocenters. The summed E-state index contributed by atoms with van der Waals surface area (Å²) in [6.45, 7) is 6.54. The van der Waals surface area contributed by atoms with E-state index in [1.165, 1.54) is 0 Å². The van der Waals surface area contributed by atoms with E-state index in [-0.39, 0.29) is 9.68 Å². The molecular weight excluding hydrogens is 90.1 g/mol. The van der Waals surface area contributed by atoms with Crippen LogP contribution in [0.1, 0.15) is 20.8 Å². The third-order valence-electron chi connectivity index (χ3n) is 0.612. The van der Waals surface area contributed by atoms with Crippen LogP contribution in [0.25, 0.3) is 0 Å². The van der Waals surface area contributed by atoms with Crippen molar-refractivity contribution in [2.24, 2.45) is 5.40 Å². The minimum Gasteiger partial charge on any atom is -0.355 e. The molecule has 2 N–H and O–H groups in total. The van der Waals surface area contributed by atoms with E-state index in [1.54, 1.807) is 0 Å². The van der Waals surface area contributed by atoms with Crippen LogP contribution in [0.2, 0.25) is 5.04 Å². The number of hydrogen-bond acceptors (Lipinski definition) is 1. The molecule has 0 bridgehead atoms. The Balaban J connectivity index is 3.17. The highest BCUT2D eigenvalue weighted by molar-refractivity contribution is 6.35. The largest absolute Gasteiger partial charge is 0.355 e. The molecule has 0 aliphatic rings. The van der Waals surface area contributed by atoms with Gasteiger partial charge in [0.2, 0.25) is 0 Å². The molecule has 2 heteroatoms. The van der Waals surface area contributed by atoms with Gasteiger partial charge in [-0.1, -0.05) is 20.8 Å². The van der Waals surface area contributed by atoms with Crippen LogP contribution in [0.5, 0.6) is 0 Å². The third kappa shape index (κ3) is 4.18. The molecule has 0 aromatic rings. The molecule has 38 valence electrons. The van der Waals surface area contributed by atoms with Crippen molar-refractivity contribution in [1.29, 1.82) is 0 Å². The van der Waals surface area contributed by atoms with E-state index < -0.39 is 0 Å². The van der Waals surface area contributed by atoms with Crippen molar-refractivity contribution in [3.8, 4) is 0 Å². The van der Waals surface area contributed by atoms with Gasteiger partial charge in [-0.3, -0.25) is 0 Å². The van der Waals surface area contributed by atoms with E-state index in [1.807, 2.05) is 0 Å². The summed E-state index contributed by atoms with van der Waals surface area (Å²) in [5, 5.41) is 5.90. The molecule has 1 nitrogen and oxygen atoms in total. The molecule has 0 saturated carbocycles. The number of hydrogen-bond donors (Lipinski definition) is 1. The van der Waals surface area contributed by atoms with Crippen molar-refractivity contribution in [2.75, 3.05) is 0 Å². The predicted octanol–water partition coefficient (Wildman–Crippen LogP) is 0.247. The highest BCUT2D eigenvalue weighted by atomic mass is 28.2. The van der Waals surface area contributed by atoms with Crippen molar-refractivity contribution >= 4 is 9.68 Å². The van der Waals surface area contributed by atoms with Gasteiger partial charge in [-0.2, -0.15) is 0 Å². The van der Waals surface area contributed by atoms with Gasteiger partial charge in [-0.15, -0.1) is 0 Å². The Labute approximate surface area is 41.8 Å². The molecule has 0 aromatic heterocycles. The molecule has 0 heterocycles. The van der Waals surface area contributed by atoms with Crippen LogP contribution in [0.15, 0.2) is 0 Å². The first-order valence-corrected chi connectivity index (χ1v) is 3.79. The Morgan fingerprint density at radius 2 is 1.50 bits per heavy atom. The summed E-state index contributed by atoms with van der Waals surface area (Å²) in [7, 11) is -0.248. The fourth-order valence-corrected chi connectivity index (χ4v) is 0. The molecule has 0 spiro atoms. The Morgan fingerprint density at radius 3 is 1.50 bits per heavy atom. The van der Waals surface area contributed by atoms with E-state index in [0.717, 1.165) is 0 Å². The Morgan fingerprint density at radius 1 is 1.33 bits per heavy atom. The molecule has 0 aliphatic heterocycles. The molecule has 0 aromatic carbocycles. The monoisotopic (exact) mass is 103 g/mol. The predicted molar refractivity (Wildman–Crippen MR) is 32.4 cm³/mol. The highest BCUT2D eigenvalue weighted by Crippen LogP contribution is 2.16. The molecule has 0 aliphatic carbocycles. The third-order valence-corrected chi connectivity index (χ3v) is 1.84. The van der Waals surface area contributed by atoms with Crippen molar-refractivity contribution in [2.45, 2.75) is 25.8 Å². The lowest BCUT2D eigenvalue weighted by Crippen LogP contribution is -2.17. The Bertz CT molecular complexity index is 37.3. The molecule has 6 heavy (non-hydrogen) atoms. The molecular formula is C4H13NSi. The van der Waals surface area contributed by atoms with Gasteiger partial charge in [0, 0.05) is 0 Å². The lowest BCUT2D eigenvalue weighted by atomic mass is 10.3. The van der Waals surface area contributed by atoms with E-state index in [2.05, 4.69) is 20.8 Å². The molecule has 0 atom stereocenters. The maximum atomic E-state index is 5.44. The molecule has 0 amide bonds. The van der Waals surface area contributed by atoms with Crippen LogP contribution in [0.3, 0.4) is 0 Å². The van der Waals surface area contributed by atoms with E-state index >= 15 is 0 Å². The SMILES string of the molecule is CC(C)(C)[SiH2]N. The summed E-state index contributed by atoms with van der Waals surface area (Å²) in [5.74, 6) is 0. The van der Waals surface area contributed by atoms with Crippen LogP contribution in [0, 0.1) is 0 Å². The van der Waals surface area contributed by atoms with E-state index in [0.29, 0.717) is 5.04 Å². The first kappa shape index (κ1) is 6.18. The summed E-state index contributed by atoms with van der Waals surface area (Å²) in [4.78, 5) is 0. The standard InChI is InChI=1S/C4H13NSi/c1-4(2,3)6-5/h5-6H2,1-3H3. The maximum Gasteiger partial charge on any atom is 0.0942 e. The first-order chi connectivity index (χ1) is 2.56. The van der Waals surface area contributed by atoms with Gasteiger partial charge in [0.25, 0.3) is 0 Å². The average Bonchev–Trinajstić information content (AvgIpc) is 1.35. The van der Waals surface area contributed by atoms with Crippen molar-refractivity contribution < 1.29 is 0 Å². The smallest absolute Gasteiger partial charge is 0.0942 e. The van der Waals surface area contributed by atoms with Crippen LogP contribution in [-0.2, 0) is 0 Å². The van der Waals surface area contributed by atoms with Gasteiger partial charge in [0.15, 0.2) is 0 Å². The number of nitrogens with two attached hydrogens (primary N) is 1. The van der Waals surface area contributed by atoms with Gasteiger partial charge in [-0.05, 0) is 5.04 Å². The highest BCUT2D eigenvalue weighted by Gasteiger charge is 2.05. The second-order valence-electron chi connectivity index (χ2n) is 2.76. The molecule has 0 fully saturated rings. The lowest BCUT2D eigenvalue weighted by molar-refractivity contribution is 0.752. The van der Waals surface area contributed by atoms with Gasteiger partial charge in [0.1, 0.15) is 0 Å². The van der Waals surface area contributed by atoms with Gasteiger partial charge in [-0.25, -0.2) is 0 Å². The zero-order valence-electron chi connectivity index (χ0n) is 4.78. The average molecular weight is 103 g/mol. The van der Waals surface area contributed by atoms with Crippen molar-refractivity contribution in [1.82, 2.24) is 0 Å². The van der Waals surface area contributed by atoms with Crippen LogP contribution in [0.4, 0.5) is 0 Å². The van der Waals surface area contributed by atoms with Gasteiger partial charge < -0.3 is 5.40 Å². The van der Waals surface area contributed by atoms with Crippen LogP contribution < -0.4 is 5.40 Å². The fourth-order valence-electron chi connectivity index (χ4n) is 0. The molecule has 0 saturated heterocycles. The summed E-state index contributed by atoms with van der Waals surface area (Å²) in [5.41, 5.74) is 0. The van der Waals surface area contributed by atoms with Gasteiger partial charge >= 0.3 is 0 Å². The normalized spacial score (nSPS) is 14.0. The zero-order valence-corrected chi connectivity index (χ0v) is 6.20. The van der Waals surface area contributed by atoms with E-state index in [4.69, 9.17) is 5.40 Å². The maximum absolute atomic E-state index is 5.44. The Kier molecular flexibility index (Phi) is 1.81. The molecule has 0 rings (SSSR count). The quantitative estimate of drug-likeness (QED) is 0.437. The van der Waals surface area contributed by atoms with E-state index in [9.17, 15) is 0 Å². The topological polar surface area (TPSA) is 26.0 Å². The summed E-state index contributed by atoms with van der Waals surface area (Å²) in [6.07, 6.45) is 0. The lowest BCUT2D eigenvalue weighted by Gasteiger charge is -2.11.